The molecule has 0 bridgehead atoms. The van der Waals surface area contributed by atoms with Crippen LogP contribution in [0.25, 0.3) is 10.8 Å². The number of carbonyl (C=O) groups excluding carboxylic acids is 2. The van der Waals surface area contributed by atoms with Crippen molar-refractivity contribution >= 4 is 45.7 Å². The zero-order chi connectivity index (χ0) is 21.6. The number of aromatic nitrogens is 2. The van der Waals surface area contributed by atoms with Crippen LogP contribution in [-0.4, -0.2) is 21.8 Å². The third-order valence-corrected chi connectivity index (χ3v) is 5.31. The highest BCUT2D eigenvalue weighted by atomic mass is 32.2. The quantitative estimate of drug-likeness (QED) is 0.285. The highest BCUT2D eigenvalue weighted by Crippen LogP contribution is 2.27. The Balaban J connectivity index is 1.32. The number of nitrogens with one attached hydrogen (secondary N) is 4. The number of pyridine rings is 2. The fourth-order valence-corrected chi connectivity index (χ4v) is 3.59. The van der Waals surface area contributed by atoms with E-state index in [1.165, 1.54) is 0 Å². The van der Waals surface area contributed by atoms with E-state index in [9.17, 15) is 14.4 Å². The molecular weight excluding hydrogens is 414 g/mol. The summed E-state index contributed by atoms with van der Waals surface area (Å²) in [7, 11) is 0. The Morgan fingerprint density at radius 2 is 1.55 bits per heavy atom. The first-order valence-electron chi connectivity index (χ1n) is 9.25. The van der Waals surface area contributed by atoms with Gasteiger partial charge in [0.25, 0.3) is 5.56 Å². The van der Waals surface area contributed by atoms with Crippen LogP contribution in [0, 0.1) is 0 Å². The van der Waals surface area contributed by atoms with Gasteiger partial charge in [-0.25, -0.2) is 0 Å². The molecule has 2 amide bonds. The average molecular weight is 431 g/mol. The predicted molar refractivity (Wildman–Crippen MR) is 120 cm³/mol. The largest absolute Gasteiger partial charge is 0.329 e. The summed E-state index contributed by atoms with van der Waals surface area (Å²) in [4.78, 5) is 44.6. The number of rotatable bonds is 5. The van der Waals surface area contributed by atoms with Gasteiger partial charge in [-0.1, -0.05) is 11.8 Å². The predicted octanol–water partition coefficient (Wildman–Crippen LogP) is 3.16. The lowest BCUT2D eigenvalue weighted by molar-refractivity contribution is -0.135. The number of aromatic amines is 1. The molecule has 8 nitrogen and oxygen atoms in total. The van der Waals surface area contributed by atoms with Gasteiger partial charge in [-0.15, -0.1) is 0 Å². The van der Waals surface area contributed by atoms with Crippen LogP contribution in [0.2, 0.25) is 0 Å². The first-order valence-corrected chi connectivity index (χ1v) is 10.1. The smallest absolute Gasteiger partial charge is 0.327 e. The number of hydrazine groups is 1. The minimum atomic E-state index is -0.846. The van der Waals surface area contributed by atoms with Gasteiger partial charge in [0.15, 0.2) is 0 Å². The minimum absolute atomic E-state index is 0.197. The second-order valence-electron chi connectivity index (χ2n) is 6.45. The van der Waals surface area contributed by atoms with E-state index in [0.717, 1.165) is 9.79 Å². The monoisotopic (exact) mass is 431 g/mol. The Kier molecular flexibility index (Phi) is 5.95. The summed E-state index contributed by atoms with van der Waals surface area (Å²) in [5, 5.41) is 3.79. The zero-order valence-corrected chi connectivity index (χ0v) is 16.9. The van der Waals surface area contributed by atoms with Gasteiger partial charge in [-0.05, 0) is 66.0 Å². The van der Waals surface area contributed by atoms with Gasteiger partial charge in [0, 0.05) is 39.5 Å². The Morgan fingerprint density at radius 1 is 0.839 bits per heavy atom. The van der Waals surface area contributed by atoms with Crippen molar-refractivity contribution in [3.05, 3.63) is 89.6 Å². The summed E-state index contributed by atoms with van der Waals surface area (Å²) in [5.74, 6) is -1.65. The Morgan fingerprint density at radius 3 is 2.32 bits per heavy atom. The molecule has 4 N–H and O–H groups in total. The number of hydrogen-bond donors (Lipinski definition) is 4. The van der Waals surface area contributed by atoms with Gasteiger partial charge >= 0.3 is 11.8 Å². The van der Waals surface area contributed by atoms with Crippen molar-refractivity contribution in [2.24, 2.45) is 0 Å². The number of hydrogen-bond acceptors (Lipinski definition) is 6. The number of amides is 2. The van der Waals surface area contributed by atoms with E-state index in [2.05, 4.69) is 26.1 Å². The van der Waals surface area contributed by atoms with Crippen molar-refractivity contribution < 1.29 is 9.59 Å². The molecule has 9 heteroatoms. The molecule has 4 aromatic rings. The van der Waals surface area contributed by atoms with Crippen LogP contribution in [0.15, 0.2) is 93.8 Å². The van der Waals surface area contributed by atoms with Crippen LogP contribution in [0.5, 0.6) is 0 Å². The lowest BCUT2D eigenvalue weighted by Gasteiger charge is -2.10. The molecule has 0 fully saturated rings. The van der Waals surface area contributed by atoms with Gasteiger partial charge in [-0.3, -0.25) is 30.2 Å². The third kappa shape index (κ3) is 5.09. The van der Waals surface area contributed by atoms with Crippen molar-refractivity contribution in [3.63, 3.8) is 0 Å². The van der Waals surface area contributed by atoms with Gasteiger partial charge in [0.2, 0.25) is 0 Å². The fraction of sp³-hybridized carbons (Fsp3) is 0. The Labute approximate surface area is 181 Å². The van der Waals surface area contributed by atoms with E-state index in [1.807, 2.05) is 24.3 Å². The molecule has 0 saturated heterocycles. The SMILES string of the molecule is O=C(NNc1ccc2c(=O)[nH]ccc2c1)C(=O)Nc1ccc(Sc2ccncc2)cc1. The van der Waals surface area contributed by atoms with Crippen LogP contribution in [-0.2, 0) is 9.59 Å². The number of carbonyl (C=O) groups is 2. The second-order valence-corrected chi connectivity index (χ2v) is 7.60. The fourth-order valence-electron chi connectivity index (χ4n) is 2.79. The molecular formula is C22H17N5O3S. The van der Waals surface area contributed by atoms with Gasteiger partial charge in [-0.2, -0.15) is 0 Å². The molecule has 0 unspecified atom stereocenters. The van der Waals surface area contributed by atoms with E-state index in [-0.39, 0.29) is 5.56 Å². The van der Waals surface area contributed by atoms with Crippen molar-refractivity contribution in [1.29, 1.82) is 0 Å². The van der Waals surface area contributed by atoms with Gasteiger partial charge in [0.05, 0.1) is 5.69 Å². The van der Waals surface area contributed by atoms with E-state index >= 15 is 0 Å². The molecule has 4 rings (SSSR count). The Hall–Kier alpha value is -4.11. The summed E-state index contributed by atoms with van der Waals surface area (Å²) in [6.07, 6.45) is 4.99. The third-order valence-electron chi connectivity index (χ3n) is 4.30. The normalized spacial score (nSPS) is 10.5. The number of benzene rings is 2. The molecule has 31 heavy (non-hydrogen) atoms. The number of fused-ring (bicyclic) bond motifs is 1. The average Bonchev–Trinajstić information content (AvgIpc) is 2.79. The molecule has 2 aromatic heterocycles. The molecule has 0 atom stereocenters. The summed E-state index contributed by atoms with van der Waals surface area (Å²) in [5.41, 5.74) is 5.87. The molecule has 154 valence electrons. The first kappa shape index (κ1) is 20.2. The molecule has 0 radical (unpaired) electrons. The van der Waals surface area contributed by atoms with Crippen molar-refractivity contribution in [2.75, 3.05) is 10.7 Å². The van der Waals surface area contributed by atoms with Crippen LogP contribution >= 0.6 is 11.8 Å². The van der Waals surface area contributed by atoms with Crippen LogP contribution < -0.4 is 21.7 Å². The highest BCUT2D eigenvalue weighted by Gasteiger charge is 2.13. The number of nitrogens with zero attached hydrogens (tertiary/aromatic N) is 1. The maximum atomic E-state index is 12.1. The van der Waals surface area contributed by atoms with Gasteiger partial charge in [0.1, 0.15) is 0 Å². The molecule has 0 aliphatic rings. The topological polar surface area (TPSA) is 116 Å². The lowest BCUT2D eigenvalue weighted by atomic mass is 10.1. The van der Waals surface area contributed by atoms with E-state index < -0.39 is 11.8 Å². The summed E-state index contributed by atoms with van der Waals surface area (Å²) >= 11 is 1.57. The molecule has 2 aromatic carbocycles. The molecule has 0 aliphatic heterocycles. The van der Waals surface area contributed by atoms with Crippen LogP contribution in [0.1, 0.15) is 0 Å². The Bertz CT molecular complexity index is 1290. The first-order chi connectivity index (χ1) is 15.1. The summed E-state index contributed by atoms with van der Waals surface area (Å²) in [6.45, 7) is 0. The van der Waals surface area contributed by atoms with Crippen LogP contribution in [0.3, 0.4) is 0 Å². The maximum absolute atomic E-state index is 12.1. The van der Waals surface area contributed by atoms with E-state index in [1.54, 1.807) is 66.8 Å². The maximum Gasteiger partial charge on any atom is 0.327 e. The molecule has 0 aliphatic carbocycles. The van der Waals surface area contributed by atoms with Crippen molar-refractivity contribution in [1.82, 2.24) is 15.4 Å². The molecule has 0 saturated carbocycles. The summed E-state index contributed by atoms with van der Waals surface area (Å²) < 4.78 is 0. The lowest BCUT2D eigenvalue weighted by Crippen LogP contribution is -2.38. The minimum Gasteiger partial charge on any atom is -0.329 e. The zero-order valence-electron chi connectivity index (χ0n) is 16.1. The standard InChI is InChI=1S/C22H17N5O3S/c28-20-19-6-3-16(13-14(19)7-12-24-20)26-27-22(30)21(29)25-15-1-4-17(5-2-15)31-18-8-10-23-11-9-18/h1-13,26H,(H,24,28)(H,25,29)(H,27,30). The number of H-pyrrole nitrogens is 1. The molecule has 2 heterocycles. The van der Waals surface area contributed by atoms with Crippen molar-refractivity contribution in [3.8, 4) is 0 Å². The van der Waals surface area contributed by atoms with Gasteiger partial charge < -0.3 is 10.3 Å². The summed E-state index contributed by atoms with van der Waals surface area (Å²) in [6, 6.07) is 17.7. The second kappa shape index (κ2) is 9.14. The van der Waals surface area contributed by atoms with E-state index in [0.29, 0.717) is 22.1 Å². The number of anilines is 2. The highest BCUT2D eigenvalue weighted by molar-refractivity contribution is 7.99. The van der Waals surface area contributed by atoms with Crippen LogP contribution in [0.4, 0.5) is 11.4 Å². The van der Waals surface area contributed by atoms with E-state index in [4.69, 9.17) is 0 Å². The van der Waals surface area contributed by atoms with Crippen molar-refractivity contribution in [2.45, 2.75) is 9.79 Å². The molecule has 0 spiro atoms.